The molecule has 15 heavy (non-hydrogen) atoms. The van der Waals surface area contributed by atoms with Crippen LogP contribution >= 0.6 is 0 Å². The fourth-order valence-electron chi connectivity index (χ4n) is 4.54. The Morgan fingerprint density at radius 1 is 0.867 bits per heavy atom. The Bertz CT molecular complexity index is 204. The van der Waals surface area contributed by atoms with E-state index in [4.69, 9.17) is 0 Å². The van der Waals surface area contributed by atoms with Crippen molar-refractivity contribution in [3.63, 3.8) is 0 Å². The average Bonchev–Trinajstić information content (AvgIpc) is 2.16. The largest absolute Gasteiger partial charge is 0.0625 e. The molecule has 0 radical (unpaired) electrons. The Balaban J connectivity index is 2.14. The van der Waals surface area contributed by atoms with Crippen molar-refractivity contribution in [2.24, 2.45) is 35.5 Å². The van der Waals surface area contributed by atoms with Gasteiger partial charge in [-0.2, -0.15) is 0 Å². The van der Waals surface area contributed by atoms with Crippen molar-refractivity contribution in [2.45, 2.75) is 59.8 Å². The molecular formula is C15H28. The first-order chi connectivity index (χ1) is 7.09. The predicted molar refractivity (Wildman–Crippen MR) is 66.7 cm³/mol. The van der Waals surface area contributed by atoms with Gasteiger partial charge in [0, 0.05) is 0 Å². The van der Waals surface area contributed by atoms with Gasteiger partial charge < -0.3 is 0 Å². The predicted octanol–water partition coefficient (Wildman–Crippen LogP) is 4.74. The van der Waals surface area contributed by atoms with Crippen molar-refractivity contribution in [2.75, 3.05) is 0 Å². The first kappa shape index (κ1) is 11.5. The Morgan fingerprint density at radius 3 is 2.20 bits per heavy atom. The Hall–Kier alpha value is 0. The minimum absolute atomic E-state index is 0.904. The van der Waals surface area contributed by atoms with E-state index < -0.39 is 0 Å². The first-order valence-corrected chi connectivity index (χ1v) is 7.09. The van der Waals surface area contributed by atoms with Crippen LogP contribution in [0, 0.1) is 35.5 Å². The number of hydrogen-bond acceptors (Lipinski definition) is 0. The summed E-state index contributed by atoms with van der Waals surface area (Å²) in [6.45, 7) is 9.80. The van der Waals surface area contributed by atoms with Crippen LogP contribution in [0.4, 0.5) is 0 Å². The summed E-state index contributed by atoms with van der Waals surface area (Å²) < 4.78 is 0. The van der Waals surface area contributed by atoms with Crippen molar-refractivity contribution >= 4 is 0 Å². The summed E-state index contributed by atoms with van der Waals surface area (Å²) in [6.07, 6.45) is 7.68. The lowest BCUT2D eigenvalue weighted by Crippen LogP contribution is -2.40. The highest BCUT2D eigenvalue weighted by molar-refractivity contribution is 4.91. The molecule has 2 bridgehead atoms. The van der Waals surface area contributed by atoms with Gasteiger partial charge in [0.25, 0.3) is 0 Å². The van der Waals surface area contributed by atoms with E-state index in [2.05, 4.69) is 27.7 Å². The molecule has 0 saturated heterocycles. The van der Waals surface area contributed by atoms with Crippen LogP contribution in [0.15, 0.2) is 0 Å². The Labute approximate surface area is 95.8 Å². The molecule has 0 aromatic carbocycles. The molecule has 4 atom stereocenters. The van der Waals surface area contributed by atoms with Crippen molar-refractivity contribution < 1.29 is 0 Å². The van der Waals surface area contributed by atoms with Crippen LogP contribution in [0.1, 0.15) is 59.8 Å². The minimum atomic E-state index is 0.904. The molecule has 88 valence electrons. The summed E-state index contributed by atoms with van der Waals surface area (Å²) >= 11 is 0. The summed E-state index contributed by atoms with van der Waals surface area (Å²) in [5.74, 6) is 6.02. The van der Waals surface area contributed by atoms with Crippen LogP contribution in [-0.2, 0) is 0 Å². The van der Waals surface area contributed by atoms with Gasteiger partial charge in [-0.25, -0.2) is 0 Å². The molecular weight excluding hydrogens is 180 g/mol. The van der Waals surface area contributed by atoms with E-state index in [0.29, 0.717) is 0 Å². The van der Waals surface area contributed by atoms with Crippen LogP contribution in [0.25, 0.3) is 0 Å². The Morgan fingerprint density at radius 2 is 1.60 bits per heavy atom. The van der Waals surface area contributed by atoms with Crippen LogP contribution in [0.3, 0.4) is 0 Å². The molecule has 2 saturated carbocycles. The van der Waals surface area contributed by atoms with E-state index >= 15 is 0 Å². The summed E-state index contributed by atoms with van der Waals surface area (Å²) in [5, 5.41) is 0. The lowest BCUT2D eigenvalue weighted by Gasteiger charge is -2.49. The molecule has 0 N–H and O–H groups in total. The molecule has 0 amide bonds. The van der Waals surface area contributed by atoms with Gasteiger partial charge in [-0.05, 0) is 48.3 Å². The third kappa shape index (κ3) is 2.24. The fraction of sp³-hybridized carbons (Fsp3) is 1.00. The topological polar surface area (TPSA) is 0 Å². The van der Waals surface area contributed by atoms with Gasteiger partial charge in [-0.3, -0.25) is 0 Å². The smallest absolute Gasteiger partial charge is 0.0332 e. The van der Waals surface area contributed by atoms with Gasteiger partial charge in [0.1, 0.15) is 0 Å². The molecule has 0 aromatic heterocycles. The second kappa shape index (κ2) is 4.47. The molecule has 0 heterocycles. The standard InChI is InChI=1S/C15H28/c1-10(2)14-9-12-6-5-7-13(8-12)15(14)11(3)4/h10-15H,5-9H2,1-4H3. The maximum atomic E-state index is 2.45. The van der Waals surface area contributed by atoms with Gasteiger partial charge in [0.15, 0.2) is 0 Å². The van der Waals surface area contributed by atoms with Crippen LogP contribution < -0.4 is 0 Å². The molecule has 0 nitrogen and oxygen atoms in total. The van der Waals surface area contributed by atoms with Crippen molar-refractivity contribution in [1.29, 1.82) is 0 Å². The van der Waals surface area contributed by atoms with Crippen LogP contribution in [0.5, 0.6) is 0 Å². The molecule has 4 unspecified atom stereocenters. The van der Waals surface area contributed by atoms with Gasteiger partial charge in [-0.1, -0.05) is 47.0 Å². The highest BCUT2D eigenvalue weighted by Crippen LogP contribution is 2.50. The second-order valence-electron chi connectivity index (χ2n) is 6.76. The molecule has 0 aliphatic heterocycles. The van der Waals surface area contributed by atoms with Gasteiger partial charge >= 0.3 is 0 Å². The van der Waals surface area contributed by atoms with Gasteiger partial charge in [0.05, 0.1) is 0 Å². The number of hydrogen-bond donors (Lipinski definition) is 0. The first-order valence-electron chi connectivity index (χ1n) is 7.09. The molecule has 0 heteroatoms. The highest BCUT2D eigenvalue weighted by atomic mass is 14.5. The summed E-state index contributed by atoms with van der Waals surface area (Å²) in [6, 6.07) is 0. The third-order valence-electron chi connectivity index (χ3n) is 5.09. The van der Waals surface area contributed by atoms with Crippen molar-refractivity contribution in [3.05, 3.63) is 0 Å². The number of rotatable bonds is 2. The fourth-order valence-corrected chi connectivity index (χ4v) is 4.54. The zero-order valence-electron chi connectivity index (χ0n) is 11.0. The minimum Gasteiger partial charge on any atom is -0.0625 e. The van der Waals surface area contributed by atoms with E-state index in [9.17, 15) is 0 Å². The molecule has 2 rings (SSSR count). The maximum Gasteiger partial charge on any atom is -0.0332 e. The quantitative estimate of drug-likeness (QED) is 0.615. The summed E-state index contributed by atoms with van der Waals surface area (Å²) in [5.41, 5.74) is 0. The molecule has 0 spiro atoms. The van der Waals surface area contributed by atoms with Crippen molar-refractivity contribution in [3.8, 4) is 0 Å². The lowest BCUT2D eigenvalue weighted by molar-refractivity contribution is 0.0113. The molecule has 0 aromatic rings. The highest BCUT2D eigenvalue weighted by Gasteiger charge is 2.41. The average molecular weight is 208 g/mol. The number of fused-ring (bicyclic) bond motifs is 2. The molecule has 2 fully saturated rings. The van der Waals surface area contributed by atoms with Gasteiger partial charge in [0.2, 0.25) is 0 Å². The van der Waals surface area contributed by atoms with Crippen LogP contribution in [0.2, 0.25) is 0 Å². The SMILES string of the molecule is CC(C)C1CC2CCCC(C2)C1C(C)C. The maximum absolute atomic E-state index is 2.45. The zero-order chi connectivity index (χ0) is 11.0. The third-order valence-corrected chi connectivity index (χ3v) is 5.09. The lowest BCUT2D eigenvalue weighted by atomic mass is 9.57. The van der Waals surface area contributed by atoms with E-state index in [1.807, 2.05) is 0 Å². The second-order valence-corrected chi connectivity index (χ2v) is 6.76. The molecule has 2 aliphatic carbocycles. The van der Waals surface area contributed by atoms with E-state index in [0.717, 1.165) is 35.5 Å². The van der Waals surface area contributed by atoms with E-state index in [-0.39, 0.29) is 0 Å². The summed E-state index contributed by atoms with van der Waals surface area (Å²) in [7, 11) is 0. The van der Waals surface area contributed by atoms with E-state index in [1.165, 1.54) is 25.7 Å². The Kier molecular flexibility index (Phi) is 3.42. The monoisotopic (exact) mass is 208 g/mol. The normalized spacial score (nSPS) is 41.2. The van der Waals surface area contributed by atoms with E-state index in [1.54, 1.807) is 6.42 Å². The van der Waals surface area contributed by atoms with Gasteiger partial charge in [-0.15, -0.1) is 0 Å². The van der Waals surface area contributed by atoms with Crippen molar-refractivity contribution in [1.82, 2.24) is 0 Å². The molecule has 2 aliphatic rings. The summed E-state index contributed by atoms with van der Waals surface area (Å²) in [4.78, 5) is 0. The van der Waals surface area contributed by atoms with Crippen LogP contribution in [-0.4, -0.2) is 0 Å². The zero-order valence-corrected chi connectivity index (χ0v) is 11.0.